The Morgan fingerprint density at radius 3 is 2.78 bits per heavy atom. The first-order valence-electron chi connectivity index (χ1n) is 8.94. The van der Waals surface area contributed by atoms with Crippen LogP contribution >= 0.6 is 0 Å². The lowest BCUT2D eigenvalue weighted by atomic mass is 9.98. The van der Waals surface area contributed by atoms with E-state index in [1.54, 1.807) is 0 Å². The molecule has 2 N–H and O–H groups in total. The average Bonchev–Trinajstić information content (AvgIpc) is 3.06. The zero-order chi connectivity index (χ0) is 16.7. The van der Waals surface area contributed by atoms with E-state index >= 15 is 0 Å². The van der Waals surface area contributed by atoms with Gasteiger partial charge in [0.05, 0.1) is 11.8 Å². The van der Waals surface area contributed by atoms with Crippen LogP contribution in [0.1, 0.15) is 39.0 Å². The van der Waals surface area contributed by atoms with Crippen molar-refractivity contribution in [3.8, 4) is 0 Å². The van der Waals surface area contributed by atoms with E-state index in [0.717, 1.165) is 45.3 Å². The number of rotatable bonds is 8. The molecule has 6 nitrogen and oxygen atoms in total. The number of hydrogen-bond donors (Lipinski definition) is 2. The van der Waals surface area contributed by atoms with Gasteiger partial charge in [-0.2, -0.15) is 0 Å². The second-order valence-corrected chi connectivity index (χ2v) is 9.16. The van der Waals surface area contributed by atoms with E-state index in [0.29, 0.717) is 25.4 Å². The number of amides is 1. The van der Waals surface area contributed by atoms with Crippen molar-refractivity contribution in [3.63, 3.8) is 0 Å². The molecule has 2 saturated heterocycles. The predicted molar refractivity (Wildman–Crippen MR) is 92.1 cm³/mol. The Kier molecular flexibility index (Phi) is 7.30. The van der Waals surface area contributed by atoms with Gasteiger partial charge in [-0.25, -0.2) is 8.42 Å². The van der Waals surface area contributed by atoms with Crippen LogP contribution in [-0.2, 0) is 14.6 Å². The summed E-state index contributed by atoms with van der Waals surface area (Å²) in [7, 11) is -2.90. The minimum absolute atomic E-state index is 0.0196. The van der Waals surface area contributed by atoms with Crippen LogP contribution in [0.2, 0.25) is 0 Å². The van der Waals surface area contributed by atoms with Gasteiger partial charge in [0.25, 0.3) is 0 Å². The van der Waals surface area contributed by atoms with E-state index < -0.39 is 9.84 Å². The Balaban J connectivity index is 1.69. The van der Waals surface area contributed by atoms with Crippen molar-refractivity contribution in [1.82, 2.24) is 15.5 Å². The van der Waals surface area contributed by atoms with Crippen molar-refractivity contribution in [3.05, 3.63) is 0 Å². The molecule has 23 heavy (non-hydrogen) atoms. The molecule has 0 bridgehead atoms. The zero-order valence-electron chi connectivity index (χ0n) is 14.2. The first-order valence-corrected chi connectivity index (χ1v) is 10.8. The summed E-state index contributed by atoms with van der Waals surface area (Å²) < 4.78 is 23.7. The summed E-state index contributed by atoms with van der Waals surface area (Å²) in [4.78, 5) is 14.3. The third kappa shape index (κ3) is 6.39. The molecule has 7 heteroatoms. The number of carbonyl (C=O) groups excluding carboxylic acids is 1. The van der Waals surface area contributed by atoms with Crippen LogP contribution < -0.4 is 10.6 Å². The molecule has 0 aromatic heterocycles. The van der Waals surface area contributed by atoms with Crippen molar-refractivity contribution in [2.75, 3.05) is 44.2 Å². The van der Waals surface area contributed by atoms with Gasteiger partial charge in [0, 0.05) is 25.4 Å². The molecule has 2 heterocycles. The summed E-state index contributed by atoms with van der Waals surface area (Å²) in [5.74, 6) is 1.09. The predicted octanol–water partition coefficient (Wildman–Crippen LogP) is 0.391. The smallest absolute Gasteiger partial charge is 0.237 e. The van der Waals surface area contributed by atoms with Crippen LogP contribution in [-0.4, -0.2) is 69.5 Å². The minimum Gasteiger partial charge on any atom is -0.354 e. The van der Waals surface area contributed by atoms with E-state index in [1.807, 2.05) is 6.92 Å². The molecule has 0 aliphatic carbocycles. The van der Waals surface area contributed by atoms with Gasteiger partial charge in [0.1, 0.15) is 0 Å². The second-order valence-electron chi connectivity index (χ2n) is 6.85. The van der Waals surface area contributed by atoms with Crippen molar-refractivity contribution in [2.45, 2.75) is 45.1 Å². The number of nitrogens with one attached hydrogen (secondary N) is 2. The SMILES string of the molecule is CCCS(=O)(=O)CCN1CCCC(CNC(=O)C2CCCN2)C1. The van der Waals surface area contributed by atoms with Gasteiger partial charge in [0.2, 0.25) is 5.91 Å². The lowest BCUT2D eigenvalue weighted by Gasteiger charge is -2.32. The maximum absolute atomic E-state index is 12.0. The first-order chi connectivity index (χ1) is 11.0. The lowest BCUT2D eigenvalue weighted by Crippen LogP contribution is -2.46. The normalized spacial score (nSPS) is 26.3. The van der Waals surface area contributed by atoms with Crippen molar-refractivity contribution in [1.29, 1.82) is 0 Å². The van der Waals surface area contributed by atoms with Crippen LogP contribution in [0.25, 0.3) is 0 Å². The third-order valence-electron chi connectivity index (χ3n) is 4.78. The van der Waals surface area contributed by atoms with E-state index in [1.165, 1.54) is 0 Å². The van der Waals surface area contributed by atoms with Crippen molar-refractivity contribution < 1.29 is 13.2 Å². The van der Waals surface area contributed by atoms with Crippen molar-refractivity contribution >= 4 is 15.7 Å². The van der Waals surface area contributed by atoms with Gasteiger partial charge < -0.3 is 15.5 Å². The molecule has 2 atom stereocenters. The molecule has 0 aromatic rings. The molecule has 2 aliphatic rings. The highest BCUT2D eigenvalue weighted by Gasteiger charge is 2.25. The fourth-order valence-corrected chi connectivity index (χ4v) is 4.84. The van der Waals surface area contributed by atoms with Crippen LogP contribution in [0.5, 0.6) is 0 Å². The first kappa shape index (κ1) is 18.7. The topological polar surface area (TPSA) is 78.5 Å². The maximum atomic E-state index is 12.0. The van der Waals surface area contributed by atoms with E-state index in [-0.39, 0.29) is 23.5 Å². The van der Waals surface area contributed by atoms with Gasteiger partial charge >= 0.3 is 0 Å². The Labute approximate surface area is 140 Å². The van der Waals surface area contributed by atoms with E-state index in [2.05, 4.69) is 15.5 Å². The molecule has 0 spiro atoms. The fraction of sp³-hybridized carbons (Fsp3) is 0.938. The summed E-state index contributed by atoms with van der Waals surface area (Å²) in [6, 6.07) is -0.0196. The highest BCUT2D eigenvalue weighted by Crippen LogP contribution is 2.16. The number of hydrogen-bond acceptors (Lipinski definition) is 5. The van der Waals surface area contributed by atoms with Gasteiger partial charge in [-0.05, 0) is 51.1 Å². The molecule has 2 fully saturated rings. The Morgan fingerprint density at radius 2 is 2.09 bits per heavy atom. The molecule has 1 amide bonds. The van der Waals surface area contributed by atoms with Gasteiger partial charge in [-0.15, -0.1) is 0 Å². The summed E-state index contributed by atoms with van der Waals surface area (Å²) >= 11 is 0. The number of likely N-dealkylation sites (tertiary alicyclic amines) is 1. The average molecular weight is 346 g/mol. The standard InChI is InChI=1S/C16H31N3O3S/c1-2-10-23(21,22)11-9-19-8-4-5-14(13-19)12-18-16(20)15-6-3-7-17-15/h14-15,17H,2-13H2,1H3,(H,18,20). The Morgan fingerprint density at radius 1 is 1.26 bits per heavy atom. The summed E-state index contributed by atoms with van der Waals surface area (Å²) in [5, 5.41) is 6.27. The van der Waals surface area contributed by atoms with E-state index in [9.17, 15) is 13.2 Å². The number of nitrogens with zero attached hydrogens (tertiary/aromatic N) is 1. The van der Waals surface area contributed by atoms with Gasteiger partial charge in [-0.1, -0.05) is 6.92 Å². The fourth-order valence-electron chi connectivity index (χ4n) is 3.48. The van der Waals surface area contributed by atoms with Crippen LogP contribution in [0, 0.1) is 5.92 Å². The largest absolute Gasteiger partial charge is 0.354 e. The summed E-state index contributed by atoms with van der Waals surface area (Å²) in [5.41, 5.74) is 0. The third-order valence-corrected chi connectivity index (χ3v) is 6.61. The monoisotopic (exact) mass is 345 g/mol. The highest BCUT2D eigenvalue weighted by molar-refractivity contribution is 7.91. The van der Waals surface area contributed by atoms with E-state index in [4.69, 9.17) is 0 Å². The molecule has 134 valence electrons. The van der Waals surface area contributed by atoms with Gasteiger partial charge in [-0.3, -0.25) is 4.79 Å². The summed E-state index contributed by atoms with van der Waals surface area (Å²) in [6.07, 6.45) is 4.87. The molecule has 0 saturated carbocycles. The molecular weight excluding hydrogens is 314 g/mol. The number of sulfone groups is 1. The quantitative estimate of drug-likeness (QED) is 0.665. The molecule has 0 radical (unpaired) electrons. The minimum atomic E-state index is -2.90. The molecule has 2 unspecified atom stereocenters. The molecular formula is C16H31N3O3S. The lowest BCUT2D eigenvalue weighted by molar-refractivity contribution is -0.123. The van der Waals surface area contributed by atoms with Gasteiger partial charge in [0.15, 0.2) is 9.84 Å². The van der Waals surface area contributed by atoms with Crippen molar-refractivity contribution in [2.24, 2.45) is 5.92 Å². The number of carbonyl (C=O) groups is 1. The zero-order valence-corrected chi connectivity index (χ0v) is 15.0. The Bertz CT molecular complexity index is 475. The van der Waals surface area contributed by atoms with Crippen LogP contribution in [0.3, 0.4) is 0 Å². The molecule has 2 aliphatic heterocycles. The molecule has 0 aromatic carbocycles. The second kappa shape index (κ2) is 8.99. The number of piperidine rings is 1. The summed E-state index contributed by atoms with van der Waals surface area (Å²) in [6.45, 7) is 6.01. The Hall–Kier alpha value is -0.660. The van der Waals surface area contributed by atoms with Crippen LogP contribution in [0.4, 0.5) is 0 Å². The molecule has 2 rings (SSSR count). The highest BCUT2D eigenvalue weighted by atomic mass is 32.2. The van der Waals surface area contributed by atoms with Crippen LogP contribution in [0.15, 0.2) is 0 Å². The maximum Gasteiger partial charge on any atom is 0.237 e.